The van der Waals surface area contributed by atoms with Gasteiger partial charge in [-0.05, 0) is 36.4 Å². The lowest BCUT2D eigenvalue weighted by molar-refractivity contribution is -0.137. The third kappa shape index (κ3) is 4.97. The van der Waals surface area contributed by atoms with Crippen molar-refractivity contribution in [2.24, 2.45) is 0 Å². The van der Waals surface area contributed by atoms with Crippen molar-refractivity contribution >= 4 is 32.7 Å². The highest BCUT2D eigenvalue weighted by Crippen LogP contribution is 2.30. The Bertz CT molecular complexity index is 1190. The number of aromatic nitrogens is 1. The van der Waals surface area contributed by atoms with Gasteiger partial charge in [0, 0.05) is 11.6 Å². The number of carbonyl (C=O) groups is 1. The van der Waals surface area contributed by atoms with Gasteiger partial charge in [0.1, 0.15) is 5.52 Å². The standard InChI is InChI=1S/C19H18F3N3O4S/c1-11(2)18-25-15-9-13(6-7-16(15)29-18)24-17(26)10-23-30(27,28)14-5-3-4-12(8-14)19(20,21)22/h3-9,11,23H,10H2,1-2H3,(H,24,26). The Morgan fingerprint density at radius 2 is 1.90 bits per heavy atom. The quantitative estimate of drug-likeness (QED) is 0.605. The van der Waals surface area contributed by atoms with E-state index in [1.54, 1.807) is 18.2 Å². The highest BCUT2D eigenvalue weighted by Gasteiger charge is 2.31. The molecule has 0 bridgehead atoms. The molecule has 0 atom stereocenters. The number of nitrogens with zero attached hydrogens (tertiary/aromatic N) is 1. The van der Waals surface area contributed by atoms with Crippen LogP contribution in [0.15, 0.2) is 51.8 Å². The summed E-state index contributed by atoms with van der Waals surface area (Å²) in [4.78, 5) is 15.8. The van der Waals surface area contributed by atoms with Gasteiger partial charge in [-0.3, -0.25) is 4.79 Å². The van der Waals surface area contributed by atoms with Crippen molar-refractivity contribution in [3.8, 4) is 0 Å². The molecule has 11 heteroatoms. The minimum atomic E-state index is -4.68. The van der Waals surface area contributed by atoms with Crippen molar-refractivity contribution in [3.05, 3.63) is 53.9 Å². The first-order valence-electron chi connectivity index (χ1n) is 8.83. The number of nitrogens with one attached hydrogen (secondary N) is 2. The van der Waals surface area contributed by atoms with Crippen LogP contribution in [0.1, 0.15) is 31.2 Å². The number of oxazole rings is 1. The third-order valence-electron chi connectivity index (χ3n) is 4.08. The van der Waals surface area contributed by atoms with E-state index in [9.17, 15) is 26.4 Å². The van der Waals surface area contributed by atoms with Crippen LogP contribution < -0.4 is 10.0 Å². The van der Waals surface area contributed by atoms with Gasteiger partial charge in [-0.15, -0.1) is 0 Å². The largest absolute Gasteiger partial charge is 0.440 e. The number of fused-ring (bicyclic) bond motifs is 1. The van der Waals surface area contributed by atoms with E-state index in [4.69, 9.17) is 4.42 Å². The number of sulfonamides is 1. The second kappa shape index (κ2) is 8.07. The van der Waals surface area contributed by atoms with Crippen molar-refractivity contribution in [3.63, 3.8) is 0 Å². The predicted octanol–water partition coefficient (Wildman–Crippen LogP) is 3.89. The summed E-state index contributed by atoms with van der Waals surface area (Å²) in [6.45, 7) is 3.18. The Kier molecular flexibility index (Phi) is 5.86. The zero-order valence-corrected chi connectivity index (χ0v) is 16.8. The number of halogens is 3. The lowest BCUT2D eigenvalue weighted by atomic mass is 10.2. The fourth-order valence-electron chi connectivity index (χ4n) is 2.56. The van der Waals surface area contributed by atoms with E-state index in [2.05, 4.69) is 10.3 Å². The fourth-order valence-corrected chi connectivity index (χ4v) is 3.59. The second-order valence-electron chi connectivity index (χ2n) is 6.79. The topological polar surface area (TPSA) is 101 Å². The summed E-state index contributed by atoms with van der Waals surface area (Å²) in [5.41, 5.74) is 0.342. The summed E-state index contributed by atoms with van der Waals surface area (Å²) in [6.07, 6.45) is -4.68. The van der Waals surface area contributed by atoms with E-state index in [0.717, 1.165) is 18.2 Å². The summed E-state index contributed by atoms with van der Waals surface area (Å²) in [5, 5.41) is 2.50. The van der Waals surface area contributed by atoms with Crippen LogP contribution in [-0.4, -0.2) is 25.9 Å². The molecule has 0 unspecified atom stereocenters. The number of amides is 1. The van der Waals surface area contributed by atoms with Crippen LogP contribution in [0.5, 0.6) is 0 Å². The van der Waals surface area contributed by atoms with Gasteiger partial charge in [-0.1, -0.05) is 19.9 Å². The summed E-state index contributed by atoms with van der Waals surface area (Å²) >= 11 is 0. The lowest BCUT2D eigenvalue weighted by Gasteiger charge is -2.10. The monoisotopic (exact) mass is 441 g/mol. The van der Waals surface area contributed by atoms with Gasteiger partial charge in [-0.25, -0.2) is 18.1 Å². The van der Waals surface area contributed by atoms with Gasteiger partial charge in [0.15, 0.2) is 11.5 Å². The van der Waals surface area contributed by atoms with E-state index < -0.39 is 39.1 Å². The minimum Gasteiger partial charge on any atom is -0.440 e. The van der Waals surface area contributed by atoms with Gasteiger partial charge in [-0.2, -0.15) is 13.2 Å². The van der Waals surface area contributed by atoms with Crippen molar-refractivity contribution in [1.82, 2.24) is 9.71 Å². The molecule has 0 aliphatic heterocycles. The molecule has 3 rings (SSSR count). The van der Waals surface area contributed by atoms with Crippen molar-refractivity contribution < 1.29 is 30.8 Å². The molecule has 7 nitrogen and oxygen atoms in total. The van der Waals surface area contributed by atoms with Crippen LogP contribution in [0.25, 0.3) is 11.1 Å². The van der Waals surface area contributed by atoms with Crippen LogP contribution in [0.2, 0.25) is 0 Å². The van der Waals surface area contributed by atoms with Gasteiger partial charge >= 0.3 is 6.18 Å². The number of hydrogen-bond donors (Lipinski definition) is 2. The van der Waals surface area contributed by atoms with Crippen LogP contribution in [0, 0.1) is 0 Å². The molecule has 0 radical (unpaired) electrons. The molecule has 2 aromatic carbocycles. The van der Waals surface area contributed by atoms with Gasteiger partial charge < -0.3 is 9.73 Å². The highest BCUT2D eigenvalue weighted by atomic mass is 32.2. The SMILES string of the molecule is CC(C)c1nc2cc(NC(=O)CNS(=O)(=O)c3cccc(C(F)(F)F)c3)ccc2o1. The lowest BCUT2D eigenvalue weighted by Crippen LogP contribution is -2.33. The van der Waals surface area contributed by atoms with Crippen LogP contribution >= 0.6 is 0 Å². The first-order chi connectivity index (χ1) is 14.0. The summed E-state index contributed by atoms with van der Waals surface area (Å²) in [5.74, 6) is -0.0690. The van der Waals surface area contributed by atoms with Gasteiger partial charge in [0.25, 0.3) is 0 Å². The van der Waals surface area contributed by atoms with E-state index >= 15 is 0 Å². The Hall–Kier alpha value is -2.92. The number of rotatable bonds is 6. The second-order valence-corrected chi connectivity index (χ2v) is 8.55. The number of carbonyl (C=O) groups excluding carboxylic acids is 1. The third-order valence-corrected chi connectivity index (χ3v) is 5.48. The Labute approximate surface area is 170 Å². The molecule has 0 saturated heterocycles. The number of anilines is 1. The van der Waals surface area contributed by atoms with E-state index in [1.807, 2.05) is 18.6 Å². The maximum atomic E-state index is 12.8. The summed E-state index contributed by atoms with van der Waals surface area (Å²) < 4.78 is 70.3. The molecule has 0 aliphatic carbocycles. The highest BCUT2D eigenvalue weighted by molar-refractivity contribution is 7.89. The molecular formula is C19H18F3N3O4S. The summed E-state index contributed by atoms with van der Waals surface area (Å²) in [6, 6.07) is 8.02. The Balaban J connectivity index is 1.67. The van der Waals surface area contributed by atoms with Crippen molar-refractivity contribution in [1.29, 1.82) is 0 Å². The van der Waals surface area contributed by atoms with Crippen LogP contribution in [0.4, 0.5) is 18.9 Å². The first kappa shape index (κ1) is 21.8. The Morgan fingerprint density at radius 3 is 2.57 bits per heavy atom. The zero-order valence-electron chi connectivity index (χ0n) is 15.9. The molecule has 1 aromatic heterocycles. The fraction of sp³-hybridized carbons (Fsp3) is 0.263. The van der Waals surface area contributed by atoms with Crippen molar-refractivity contribution in [2.75, 3.05) is 11.9 Å². The predicted molar refractivity (Wildman–Crippen MR) is 103 cm³/mol. The van der Waals surface area contributed by atoms with Crippen LogP contribution in [0.3, 0.4) is 0 Å². The van der Waals surface area contributed by atoms with Crippen molar-refractivity contribution in [2.45, 2.75) is 30.8 Å². The molecule has 0 aliphatic rings. The minimum absolute atomic E-state index is 0.0840. The molecule has 0 spiro atoms. The molecule has 160 valence electrons. The smallest absolute Gasteiger partial charge is 0.416 e. The molecule has 2 N–H and O–H groups in total. The average molecular weight is 441 g/mol. The van der Waals surface area contributed by atoms with E-state index in [-0.39, 0.29) is 5.92 Å². The van der Waals surface area contributed by atoms with E-state index in [0.29, 0.717) is 28.7 Å². The van der Waals surface area contributed by atoms with Gasteiger partial charge in [0.05, 0.1) is 17.0 Å². The number of benzene rings is 2. The normalized spacial score (nSPS) is 12.5. The molecule has 0 saturated carbocycles. The Morgan fingerprint density at radius 1 is 1.17 bits per heavy atom. The summed E-state index contributed by atoms with van der Waals surface area (Å²) in [7, 11) is -4.31. The number of alkyl halides is 3. The molecule has 0 fully saturated rings. The van der Waals surface area contributed by atoms with Gasteiger partial charge in [0.2, 0.25) is 15.9 Å². The zero-order chi connectivity index (χ0) is 22.1. The maximum Gasteiger partial charge on any atom is 0.416 e. The van der Waals surface area contributed by atoms with E-state index in [1.165, 1.54) is 0 Å². The number of hydrogen-bond acceptors (Lipinski definition) is 5. The molecule has 1 amide bonds. The first-order valence-corrected chi connectivity index (χ1v) is 10.3. The molecule has 1 heterocycles. The molecule has 30 heavy (non-hydrogen) atoms. The molecule has 3 aromatic rings. The molecular weight excluding hydrogens is 423 g/mol. The average Bonchev–Trinajstić information content (AvgIpc) is 3.10. The van der Waals surface area contributed by atoms with Crippen LogP contribution in [-0.2, 0) is 21.0 Å². The maximum absolute atomic E-state index is 12.8.